The van der Waals surface area contributed by atoms with Crippen LogP contribution in [0.15, 0.2) is 12.7 Å². The number of aliphatic hydroxyl groups excluding tert-OH is 1. The summed E-state index contributed by atoms with van der Waals surface area (Å²) in [5, 5.41) is 9.01. The number of aliphatic hydroxyl groups is 1. The lowest BCUT2D eigenvalue weighted by molar-refractivity contribution is 0.0166. The predicted octanol–water partition coefficient (Wildman–Crippen LogP) is 1.37. The standard InChI is InChI=1S/C10H20O3/c1-3-5-6-12-7-8-13-9-10(11)4-2/h4,10-11H,2-3,5-9H2,1H3. The van der Waals surface area contributed by atoms with Gasteiger partial charge < -0.3 is 14.6 Å². The van der Waals surface area contributed by atoms with Crippen molar-refractivity contribution in [3.63, 3.8) is 0 Å². The Labute approximate surface area is 80.4 Å². The molecule has 0 amide bonds. The first-order valence-corrected chi connectivity index (χ1v) is 4.77. The van der Waals surface area contributed by atoms with Crippen molar-refractivity contribution < 1.29 is 14.6 Å². The van der Waals surface area contributed by atoms with E-state index >= 15 is 0 Å². The van der Waals surface area contributed by atoms with Crippen LogP contribution in [0.3, 0.4) is 0 Å². The molecule has 1 unspecified atom stereocenters. The van der Waals surface area contributed by atoms with Crippen LogP contribution in [0.1, 0.15) is 19.8 Å². The molecule has 0 aliphatic rings. The predicted molar refractivity (Wildman–Crippen MR) is 52.7 cm³/mol. The Hall–Kier alpha value is -0.380. The van der Waals surface area contributed by atoms with E-state index in [0.717, 1.165) is 19.4 Å². The maximum absolute atomic E-state index is 9.01. The van der Waals surface area contributed by atoms with Crippen LogP contribution in [0.4, 0.5) is 0 Å². The molecule has 78 valence electrons. The first kappa shape index (κ1) is 12.6. The SMILES string of the molecule is C=CC(O)COCCOCCCC. The second-order valence-electron chi connectivity index (χ2n) is 2.84. The molecular weight excluding hydrogens is 168 g/mol. The lowest BCUT2D eigenvalue weighted by atomic mass is 10.4. The third-order valence-electron chi connectivity index (χ3n) is 1.57. The van der Waals surface area contributed by atoms with E-state index in [9.17, 15) is 0 Å². The van der Waals surface area contributed by atoms with Gasteiger partial charge in [0, 0.05) is 6.61 Å². The second-order valence-corrected chi connectivity index (χ2v) is 2.84. The van der Waals surface area contributed by atoms with Gasteiger partial charge in [0.25, 0.3) is 0 Å². The van der Waals surface area contributed by atoms with E-state index < -0.39 is 6.10 Å². The third kappa shape index (κ3) is 9.53. The summed E-state index contributed by atoms with van der Waals surface area (Å²) in [6.45, 7) is 7.80. The summed E-state index contributed by atoms with van der Waals surface area (Å²) in [5.41, 5.74) is 0. The van der Waals surface area contributed by atoms with Gasteiger partial charge in [-0.25, -0.2) is 0 Å². The fraction of sp³-hybridized carbons (Fsp3) is 0.800. The van der Waals surface area contributed by atoms with Crippen LogP contribution in [-0.2, 0) is 9.47 Å². The van der Waals surface area contributed by atoms with Gasteiger partial charge in [-0.15, -0.1) is 6.58 Å². The zero-order chi connectivity index (χ0) is 9.94. The van der Waals surface area contributed by atoms with Crippen LogP contribution in [-0.4, -0.2) is 37.6 Å². The average Bonchev–Trinajstić information content (AvgIpc) is 2.16. The fourth-order valence-corrected chi connectivity index (χ4v) is 0.738. The van der Waals surface area contributed by atoms with Crippen molar-refractivity contribution in [3.8, 4) is 0 Å². The zero-order valence-corrected chi connectivity index (χ0v) is 8.37. The average molecular weight is 188 g/mol. The largest absolute Gasteiger partial charge is 0.387 e. The summed E-state index contributed by atoms with van der Waals surface area (Å²) in [7, 11) is 0. The van der Waals surface area contributed by atoms with Crippen molar-refractivity contribution in [2.75, 3.05) is 26.4 Å². The Morgan fingerprint density at radius 1 is 1.31 bits per heavy atom. The number of hydrogen-bond acceptors (Lipinski definition) is 3. The Balaban J connectivity index is 2.95. The van der Waals surface area contributed by atoms with Gasteiger partial charge in [0.1, 0.15) is 0 Å². The molecular formula is C10H20O3. The maximum Gasteiger partial charge on any atom is 0.0951 e. The van der Waals surface area contributed by atoms with Gasteiger partial charge in [-0.05, 0) is 6.42 Å². The minimum Gasteiger partial charge on any atom is -0.387 e. The molecule has 0 aromatic heterocycles. The molecule has 0 rings (SSSR count). The molecule has 13 heavy (non-hydrogen) atoms. The Morgan fingerprint density at radius 3 is 2.62 bits per heavy atom. The van der Waals surface area contributed by atoms with Gasteiger partial charge in [-0.3, -0.25) is 0 Å². The quantitative estimate of drug-likeness (QED) is 0.438. The highest BCUT2D eigenvalue weighted by Gasteiger charge is 1.96. The van der Waals surface area contributed by atoms with E-state index in [1.165, 1.54) is 6.08 Å². The number of hydrogen-bond donors (Lipinski definition) is 1. The van der Waals surface area contributed by atoms with Gasteiger partial charge in [0.05, 0.1) is 25.9 Å². The van der Waals surface area contributed by atoms with Crippen molar-refractivity contribution in [1.29, 1.82) is 0 Å². The molecule has 0 saturated heterocycles. The summed E-state index contributed by atoms with van der Waals surface area (Å²) >= 11 is 0. The molecule has 0 fully saturated rings. The van der Waals surface area contributed by atoms with Gasteiger partial charge in [-0.1, -0.05) is 19.4 Å². The van der Waals surface area contributed by atoms with Crippen LogP contribution < -0.4 is 0 Å². The summed E-state index contributed by atoms with van der Waals surface area (Å²) < 4.78 is 10.4. The van der Waals surface area contributed by atoms with Crippen molar-refractivity contribution in [1.82, 2.24) is 0 Å². The topological polar surface area (TPSA) is 38.7 Å². The molecule has 0 spiro atoms. The molecule has 0 bridgehead atoms. The van der Waals surface area contributed by atoms with E-state index in [0.29, 0.717) is 19.8 Å². The third-order valence-corrected chi connectivity index (χ3v) is 1.57. The monoisotopic (exact) mass is 188 g/mol. The maximum atomic E-state index is 9.01. The van der Waals surface area contributed by atoms with Crippen LogP contribution >= 0.6 is 0 Å². The van der Waals surface area contributed by atoms with E-state index in [1.807, 2.05) is 0 Å². The smallest absolute Gasteiger partial charge is 0.0951 e. The Bertz CT molecular complexity index is 115. The van der Waals surface area contributed by atoms with E-state index in [1.54, 1.807) is 0 Å². The lowest BCUT2D eigenvalue weighted by Crippen LogP contribution is -2.14. The molecule has 0 aromatic rings. The van der Waals surface area contributed by atoms with Crippen LogP contribution in [0, 0.1) is 0 Å². The van der Waals surface area contributed by atoms with E-state index in [2.05, 4.69) is 13.5 Å². The summed E-state index contributed by atoms with van der Waals surface area (Å²) in [6, 6.07) is 0. The molecule has 1 atom stereocenters. The molecule has 0 saturated carbocycles. The molecule has 1 N–H and O–H groups in total. The Morgan fingerprint density at radius 2 is 2.00 bits per heavy atom. The molecule has 0 heterocycles. The van der Waals surface area contributed by atoms with E-state index in [4.69, 9.17) is 14.6 Å². The fourth-order valence-electron chi connectivity index (χ4n) is 0.738. The van der Waals surface area contributed by atoms with Gasteiger partial charge >= 0.3 is 0 Å². The molecule has 0 aromatic carbocycles. The Kier molecular flexibility index (Phi) is 9.42. The highest BCUT2D eigenvalue weighted by molar-refractivity contribution is 4.76. The molecule has 3 nitrogen and oxygen atoms in total. The minimum atomic E-state index is -0.560. The first-order valence-electron chi connectivity index (χ1n) is 4.77. The van der Waals surface area contributed by atoms with Gasteiger partial charge in [0.2, 0.25) is 0 Å². The molecule has 0 aliphatic carbocycles. The van der Waals surface area contributed by atoms with Crippen molar-refractivity contribution >= 4 is 0 Å². The number of rotatable bonds is 9. The number of ether oxygens (including phenoxy) is 2. The van der Waals surface area contributed by atoms with Gasteiger partial charge in [-0.2, -0.15) is 0 Å². The molecule has 3 heteroatoms. The normalized spacial score (nSPS) is 12.8. The van der Waals surface area contributed by atoms with Crippen molar-refractivity contribution in [2.45, 2.75) is 25.9 Å². The minimum absolute atomic E-state index is 0.306. The van der Waals surface area contributed by atoms with E-state index in [-0.39, 0.29) is 0 Å². The lowest BCUT2D eigenvalue weighted by Gasteiger charge is -2.07. The van der Waals surface area contributed by atoms with Crippen molar-refractivity contribution in [2.24, 2.45) is 0 Å². The number of unbranched alkanes of at least 4 members (excludes halogenated alkanes) is 1. The molecule has 0 radical (unpaired) electrons. The van der Waals surface area contributed by atoms with Crippen molar-refractivity contribution in [3.05, 3.63) is 12.7 Å². The summed E-state index contributed by atoms with van der Waals surface area (Å²) in [5.74, 6) is 0. The van der Waals surface area contributed by atoms with Crippen LogP contribution in [0.5, 0.6) is 0 Å². The summed E-state index contributed by atoms with van der Waals surface area (Å²) in [4.78, 5) is 0. The summed E-state index contributed by atoms with van der Waals surface area (Å²) in [6.07, 6.45) is 3.14. The van der Waals surface area contributed by atoms with Crippen LogP contribution in [0.25, 0.3) is 0 Å². The van der Waals surface area contributed by atoms with Gasteiger partial charge in [0.15, 0.2) is 0 Å². The van der Waals surface area contributed by atoms with Crippen LogP contribution in [0.2, 0.25) is 0 Å². The highest BCUT2D eigenvalue weighted by Crippen LogP contribution is 1.89. The first-order chi connectivity index (χ1) is 6.31. The zero-order valence-electron chi connectivity index (χ0n) is 8.37. The highest BCUT2D eigenvalue weighted by atomic mass is 16.5. The second kappa shape index (κ2) is 9.71. The molecule has 0 aliphatic heterocycles.